The lowest BCUT2D eigenvalue weighted by atomic mass is 9.88. The standard InChI is InChI=1S/C18H33N3/c1-7-15-11-12-16(20-14-15)13-17(19-8-2)18(5,6)21(9-3)10-4/h11-12,14,17,19H,7-10,13H2,1-6H3. The third-order valence-corrected chi connectivity index (χ3v) is 4.59. The summed E-state index contributed by atoms with van der Waals surface area (Å²) in [7, 11) is 0. The Balaban J connectivity index is 2.89. The van der Waals surface area contributed by atoms with Crippen LogP contribution in [0.15, 0.2) is 18.3 Å². The molecule has 21 heavy (non-hydrogen) atoms. The van der Waals surface area contributed by atoms with Gasteiger partial charge >= 0.3 is 0 Å². The Bertz CT molecular complexity index is 393. The minimum absolute atomic E-state index is 0.116. The molecule has 1 atom stereocenters. The lowest BCUT2D eigenvalue weighted by Gasteiger charge is -2.43. The first-order chi connectivity index (χ1) is 9.99. The van der Waals surface area contributed by atoms with Crippen molar-refractivity contribution in [1.29, 1.82) is 0 Å². The van der Waals surface area contributed by atoms with E-state index in [2.05, 4.69) is 68.9 Å². The van der Waals surface area contributed by atoms with Gasteiger partial charge < -0.3 is 5.32 Å². The second-order valence-electron chi connectivity index (χ2n) is 6.15. The molecule has 1 heterocycles. The molecule has 3 heteroatoms. The van der Waals surface area contributed by atoms with E-state index in [0.29, 0.717) is 6.04 Å². The summed E-state index contributed by atoms with van der Waals surface area (Å²) in [6.07, 6.45) is 4.04. The first-order valence-electron chi connectivity index (χ1n) is 8.41. The molecule has 0 aromatic carbocycles. The van der Waals surface area contributed by atoms with E-state index in [9.17, 15) is 0 Å². The van der Waals surface area contributed by atoms with Crippen LogP contribution in [0.3, 0.4) is 0 Å². The molecule has 0 bridgehead atoms. The number of hydrogen-bond donors (Lipinski definition) is 1. The Hall–Kier alpha value is -0.930. The summed E-state index contributed by atoms with van der Waals surface area (Å²) in [6, 6.07) is 4.79. The van der Waals surface area contributed by atoms with Gasteiger partial charge in [0, 0.05) is 29.9 Å². The SMILES string of the molecule is CCNC(Cc1ccc(CC)cn1)C(C)(C)N(CC)CC. The summed E-state index contributed by atoms with van der Waals surface area (Å²) in [4.78, 5) is 7.17. The van der Waals surface area contributed by atoms with Gasteiger partial charge in [0.1, 0.15) is 0 Å². The van der Waals surface area contributed by atoms with Gasteiger partial charge in [-0.25, -0.2) is 0 Å². The number of nitrogens with zero attached hydrogens (tertiary/aromatic N) is 2. The zero-order valence-electron chi connectivity index (χ0n) is 14.7. The van der Waals surface area contributed by atoms with Gasteiger partial charge in [-0.2, -0.15) is 0 Å². The summed E-state index contributed by atoms with van der Waals surface area (Å²) in [5.74, 6) is 0. The zero-order valence-corrected chi connectivity index (χ0v) is 14.7. The average molecular weight is 291 g/mol. The Morgan fingerprint density at radius 1 is 1.14 bits per heavy atom. The van der Waals surface area contributed by atoms with Crippen LogP contribution < -0.4 is 5.32 Å². The highest BCUT2D eigenvalue weighted by atomic mass is 15.2. The molecule has 1 aromatic rings. The Labute approximate surface area is 131 Å². The fraction of sp³-hybridized carbons (Fsp3) is 0.722. The van der Waals surface area contributed by atoms with Gasteiger partial charge in [-0.05, 0) is 51.5 Å². The quantitative estimate of drug-likeness (QED) is 0.757. The minimum Gasteiger partial charge on any atom is -0.312 e. The molecule has 1 unspecified atom stereocenters. The van der Waals surface area contributed by atoms with E-state index in [4.69, 9.17) is 0 Å². The third-order valence-electron chi connectivity index (χ3n) is 4.59. The number of rotatable bonds is 9. The molecule has 1 rings (SSSR count). The summed E-state index contributed by atoms with van der Waals surface area (Å²) < 4.78 is 0. The Morgan fingerprint density at radius 2 is 1.81 bits per heavy atom. The molecule has 0 radical (unpaired) electrons. The number of aromatic nitrogens is 1. The van der Waals surface area contributed by atoms with Crippen molar-refractivity contribution < 1.29 is 0 Å². The maximum absolute atomic E-state index is 4.64. The number of aryl methyl sites for hydroxylation is 1. The van der Waals surface area contributed by atoms with Crippen molar-refractivity contribution in [1.82, 2.24) is 15.2 Å². The molecule has 0 saturated carbocycles. The second kappa shape index (κ2) is 8.50. The monoisotopic (exact) mass is 291 g/mol. The molecule has 0 aliphatic heterocycles. The van der Waals surface area contributed by atoms with Gasteiger partial charge in [0.05, 0.1) is 0 Å². The maximum atomic E-state index is 4.64. The number of hydrogen-bond acceptors (Lipinski definition) is 3. The van der Waals surface area contributed by atoms with Crippen LogP contribution in [0.4, 0.5) is 0 Å². The van der Waals surface area contributed by atoms with Gasteiger partial charge in [-0.1, -0.05) is 33.8 Å². The van der Waals surface area contributed by atoms with E-state index in [1.807, 2.05) is 6.20 Å². The molecule has 1 aromatic heterocycles. The van der Waals surface area contributed by atoms with Gasteiger partial charge in [0.25, 0.3) is 0 Å². The van der Waals surface area contributed by atoms with Crippen LogP contribution in [0.5, 0.6) is 0 Å². The lowest BCUT2D eigenvalue weighted by molar-refractivity contribution is 0.0914. The Morgan fingerprint density at radius 3 is 2.24 bits per heavy atom. The van der Waals surface area contributed by atoms with Crippen LogP contribution in [-0.2, 0) is 12.8 Å². The zero-order chi connectivity index (χ0) is 15.9. The van der Waals surface area contributed by atoms with Gasteiger partial charge in [0.2, 0.25) is 0 Å². The predicted octanol–water partition coefficient (Wildman–Crippen LogP) is 3.29. The first kappa shape index (κ1) is 18.1. The maximum Gasteiger partial charge on any atom is 0.0420 e. The molecule has 0 aliphatic carbocycles. The number of pyridine rings is 1. The lowest BCUT2D eigenvalue weighted by Crippen LogP contribution is -2.58. The first-order valence-corrected chi connectivity index (χ1v) is 8.41. The topological polar surface area (TPSA) is 28.2 Å². The number of likely N-dealkylation sites (N-methyl/N-ethyl adjacent to an activating group) is 2. The van der Waals surface area contributed by atoms with Crippen molar-refractivity contribution in [3.05, 3.63) is 29.6 Å². The fourth-order valence-electron chi connectivity index (χ4n) is 3.07. The van der Waals surface area contributed by atoms with Crippen molar-refractivity contribution in [3.63, 3.8) is 0 Å². The van der Waals surface area contributed by atoms with E-state index in [0.717, 1.165) is 32.5 Å². The van der Waals surface area contributed by atoms with Crippen LogP contribution in [0.2, 0.25) is 0 Å². The Kier molecular flexibility index (Phi) is 7.33. The predicted molar refractivity (Wildman–Crippen MR) is 91.8 cm³/mol. The molecule has 120 valence electrons. The van der Waals surface area contributed by atoms with Crippen LogP contribution in [0, 0.1) is 0 Å². The summed E-state index contributed by atoms with van der Waals surface area (Å²) >= 11 is 0. The molecule has 1 N–H and O–H groups in total. The summed E-state index contributed by atoms with van der Waals surface area (Å²) in [5, 5.41) is 3.67. The smallest absolute Gasteiger partial charge is 0.0420 e. The van der Waals surface area contributed by atoms with E-state index in [1.54, 1.807) is 0 Å². The van der Waals surface area contributed by atoms with Crippen LogP contribution in [0.1, 0.15) is 52.8 Å². The normalized spacial score (nSPS) is 13.7. The average Bonchev–Trinajstić information content (AvgIpc) is 2.48. The van der Waals surface area contributed by atoms with Crippen LogP contribution >= 0.6 is 0 Å². The minimum atomic E-state index is 0.116. The molecule has 0 saturated heterocycles. The molecule has 0 spiro atoms. The van der Waals surface area contributed by atoms with Gasteiger partial charge in [-0.3, -0.25) is 9.88 Å². The fourth-order valence-corrected chi connectivity index (χ4v) is 3.07. The molecular weight excluding hydrogens is 258 g/mol. The van der Waals surface area contributed by atoms with E-state index in [1.165, 1.54) is 11.3 Å². The highest BCUT2D eigenvalue weighted by Crippen LogP contribution is 2.21. The number of nitrogens with one attached hydrogen (secondary N) is 1. The molecule has 3 nitrogen and oxygen atoms in total. The highest BCUT2D eigenvalue weighted by Gasteiger charge is 2.33. The van der Waals surface area contributed by atoms with Crippen molar-refractivity contribution in [2.24, 2.45) is 0 Å². The summed E-state index contributed by atoms with van der Waals surface area (Å²) in [6.45, 7) is 16.6. The van der Waals surface area contributed by atoms with Crippen LogP contribution in [-0.4, -0.2) is 41.1 Å². The van der Waals surface area contributed by atoms with E-state index in [-0.39, 0.29) is 5.54 Å². The van der Waals surface area contributed by atoms with Crippen molar-refractivity contribution in [2.75, 3.05) is 19.6 Å². The van der Waals surface area contributed by atoms with Crippen molar-refractivity contribution in [2.45, 2.75) is 66.0 Å². The molecule has 0 amide bonds. The third kappa shape index (κ3) is 4.79. The molecule has 0 aliphatic rings. The largest absolute Gasteiger partial charge is 0.312 e. The molecule has 0 fully saturated rings. The summed E-state index contributed by atoms with van der Waals surface area (Å²) in [5.41, 5.74) is 2.60. The van der Waals surface area contributed by atoms with Crippen LogP contribution in [0.25, 0.3) is 0 Å². The van der Waals surface area contributed by atoms with Gasteiger partial charge in [0.15, 0.2) is 0 Å². The van der Waals surface area contributed by atoms with E-state index < -0.39 is 0 Å². The highest BCUT2D eigenvalue weighted by molar-refractivity contribution is 5.15. The van der Waals surface area contributed by atoms with Gasteiger partial charge in [-0.15, -0.1) is 0 Å². The molecular formula is C18H33N3. The second-order valence-corrected chi connectivity index (χ2v) is 6.15. The van der Waals surface area contributed by atoms with E-state index >= 15 is 0 Å². The van der Waals surface area contributed by atoms with Crippen molar-refractivity contribution in [3.8, 4) is 0 Å². The van der Waals surface area contributed by atoms with Crippen molar-refractivity contribution >= 4 is 0 Å².